The predicted molar refractivity (Wildman–Crippen MR) is 81.6 cm³/mol. The Hall–Kier alpha value is -2.58. The Morgan fingerprint density at radius 1 is 1.29 bits per heavy atom. The number of azo groups is 1. The van der Waals surface area contributed by atoms with Crippen LogP contribution in [0.25, 0.3) is 0 Å². The summed E-state index contributed by atoms with van der Waals surface area (Å²) in [6.45, 7) is 1.91. The number of carbonyl (C=O) groups excluding carboxylic acids is 2. The molecule has 2 unspecified atom stereocenters. The van der Waals surface area contributed by atoms with Crippen LogP contribution >= 0.6 is 0 Å². The van der Waals surface area contributed by atoms with E-state index in [0.29, 0.717) is 0 Å². The summed E-state index contributed by atoms with van der Waals surface area (Å²) in [5, 5.41) is 25.5. The number of Topliss-reactive ketones (excluding diaryl/α,β-unsaturated/α-hetero) is 1. The molecule has 0 amide bonds. The minimum Gasteiger partial charge on any atom is -0.510 e. The van der Waals surface area contributed by atoms with Crippen molar-refractivity contribution in [2.75, 3.05) is 6.61 Å². The van der Waals surface area contributed by atoms with Gasteiger partial charge in [0.2, 0.25) is 5.82 Å². The number of carbonyl (C=O) groups is 2. The van der Waals surface area contributed by atoms with Crippen LogP contribution in [0.3, 0.4) is 0 Å². The van der Waals surface area contributed by atoms with Crippen molar-refractivity contribution >= 4 is 17.7 Å². The Morgan fingerprint density at radius 2 is 2.00 bits per heavy atom. The maximum atomic E-state index is 12.4. The molecule has 1 saturated carbocycles. The van der Waals surface area contributed by atoms with Crippen LogP contribution in [0.4, 0.5) is 5.95 Å². The molecule has 0 spiro atoms. The third kappa shape index (κ3) is 2.70. The van der Waals surface area contributed by atoms with Crippen LogP contribution < -0.4 is 0 Å². The zero-order valence-electron chi connectivity index (χ0n) is 13.6. The van der Waals surface area contributed by atoms with E-state index in [1.54, 1.807) is 14.0 Å². The van der Waals surface area contributed by atoms with Gasteiger partial charge in [0.1, 0.15) is 5.76 Å². The summed E-state index contributed by atoms with van der Waals surface area (Å²) in [6, 6.07) is 0. The van der Waals surface area contributed by atoms with Gasteiger partial charge in [0.15, 0.2) is 11.5 Å². The number of esters is 1. The van der Waals surface area contributed by atoms with E-state index in [4.69, 9.17) is 4.74 Å². The molecule has 1 aromatic heterocycles. The number of nitrogens with zero attached hydrogens (tertiary/aromatic N) is 5. The average molecular weight is 333 g/mol. The largest absolute Gasteiger partial charge is 0.510 e. The summed E-state index contributed by atoms with van der Waals surface area (Å²) in [4.78, 5) is 24.1. The summed E-state index contributed by atoms with van der Waals surface area (Å²) in [7, 11) is 1.55. The van der Waals surface area contributed by atoms with Crippen molar-refractivity contribution in [3.63, 3.8) is 0 Å². The molecule has 128 valence electrons. The molecule has 1 heterocycles. The molecule has 2 aliphatic carbocycles. The average Bonchev–Trinajstić information content (AvgIpc) is 3.06. The number of ketones is 1. The number of allylic oxidation sites excluding steroid dienone is 2. The summed E-state index contributed by atoms with van der Waals surface area (Å²) in [5.41, 5.74) is -0.00687. The molecule has 2 atom stereocenters. The van der Waals surface area contributed by atoms with E-state index in [2.05, 4.69) is 20.4 Å². The van der Waals surface area contributed by atoms with E-state index in [1.807, 2.05) is 0 Å². The first-order valence-corrected chi connectivity index (χ1v) is 8.00. The van der Waals surface area contributed by atoms with Crippen molar-refractivity contribution in [1.82, 2.24) is 14.8 Å². The van der Waals surface area contributed by atoms with Crippen LogP contribution in [-0.2, 0) is 16.6 Å². The molecule has 9 heteroatoms. The van der Waals surface area contributed by atoms with Crippen molar-refractivity contribution in [2.24, 2.45) is 29.1 Å². The summed E-state index contributed by atoms with van der Waals surface area (Å²) in [5.74, 6) is -1.05. The monoisotopic (exact) mass is 333 g/mol. The fourth-order valence-corrected chi connectivity index (χ4v) is 3.23. The van der Waals surface area contributed by atoms with E-state index in [-0.39, 0.29) is 47.5 Å². The minimum absolute atomic E-state index is 0.00424. The minimum atomic E-state index is -0.612. The SMILES string of the molecule is CCOC(=O)c1nnc(N=NC2=C(O)C3CCCCC3C2=O)n1C. The van der Waals surface area contributed by atoms with Gasteiger partial charge in [0.05, 0.1) is 6.61 Å². The van der Waals surface area contributed by atoms with E-state index >= 15 is 0 Å². The standard InChI is InChI=1S/C15H19N5O4/c1-3-24-14(23)13-17-19-15(20(13)2)18-16-10-11(21)8-6-4-5-7-9(8)12(10)22/h8-9,21H,3-7H2,1-2H3. The molecule has 3 rings (SSSR count). The highest BCUT2D eigenvalue weighted by atomic mass is 16.5. The zero-order chi connectivity index (χ0) is 17.3. The first kappa shape index (κ1) is 16.3. The second kappa shape index (κ2) is 6.50. The van der Waals surface area contributed by atoms with Gasteiger partial charge in [0, 0.05) is 18.9 Å². The molecular formula is C15H19N5O4. The van der Waals surface area contributed by atoms with Crippen LogP contribution in [0, 0.1) is 11.8 Å². The fraction of sp³-hybridized carbons (Fsp3) is 0.600. The van der Waals surface area contributed by atoms with Gasteiger partial charge in [-0.05, 0) is 19.8 Å². The molecule has 0 bridgehead atoms. The van der Waals surface area contributed by atoms with Crippen LogP contribution in [0.1, 0.15) is 43.2 Å². The molecule has 1 fully saturated rings. The molecule has 0 aliphatic heterocycles. The topological polar surface area (TPSA) is 119 Å². The third-order valence-corrected chi connectivity index (χ3v) is 4.48. The van der Waals surface area contributed by atoms with Crippen molar-refractivity contribution in [2.45, 2.75) is 32.6 Å². The van der Waals surface area contributed by atoms with Gasteiger partial charge < -0.3 is 9.84 Å². The first-order valence-electron chi connectivity index (χ1n) is 8.00. The Morgan fingerprint density at radius 3 is 2.67 bits per heavy atom. The summed E-state index contributed by atoms with van der Waals surface area (Å²) < 4.78 is 6.19. The molecule has 24 heavy (non-hydrogen) atoms. The lowest BCUT2D eigenvalue weighted by atomic mass is 9.80. The second-order valence-corrected chi connectivity index (χ2v) is 5.90. The molecule has 0 radical (unpaired) electrons. The molecule has 0 saturated heterocycles. The first-order chi connectivity index (χ1) is 11.5. The highest BCUT2D eigenvalue weighted by Crippen LogP contribution is 2.43. The molecular weight excluding hydrogens is 314 g/mol. The van der Waals surface area contributed by atoms with Crippen LogP contribution in [-0.4, -0.2) is 38.2 Å². The van der Waals surface area contributed by atoms with Crippen molar-refractivity contribution in [3.05, 3.63) is 17.3 Å². The van der Waals surface area contributed by atoms with Gasteiger partial charge in [-0.25, -0.2) is 4.79 Å². The second-order valence-electron chi connectivity index (χ2n) is 5.90. The van der Waals surface area contributed by atoms with E-state index in [0.717, 1.165) is 25.7 Å². The zero-order valence-corrected chi connectivity index (χ0v) is 13.6. The highest BCUT2D eigenvalue weighted by molar-refractivity contribution is 6.00. The van der Waals surface area contributed by atoms with Crippen molar-refractivity contribution < 1.29 is 19.4 Å². The Kier molecular flexibility index (Phi) is 4.41. The number of hydrogen-bond donors (Lipinski definition) is 1. The Balaban J connectivity index is 1.82. The molecule has 2 aliphatic rings. The number of aromatic nitrogens is 3. The molecule has 0 aromatic carbocycles. The van der Waals surface area contributed by atoms with Gasteiger partial charge in [-0.1, -0.05) is 12.8 Å². The predicted octanol–water partition coefficient (Wildman–Crippen LogP) is 2.23. The Bertz CT molecular complexity index is 736. The number of fused-ring (bicyclic) bond motifs is 1. The maximum Gasteiger partial charge on any atom is 0.376 e. The number of aliphatic hydroxyl groups is 1. The van der Waals surface area contributed by atoms with E-state index in [1.165, 1.54) is 4.57 Å². The van der Waals surface area contributed by atoms with Gasteiger partial charge >= 0.3 is 5.97 Å². The number of hydrogen-bond acceptors (Lipinski definition) is 8. The van der Waals surface area contributed by atoms with Crippen LogP contribution in [0.5, 0.6) is 0 Å². The van der Waals surface area contributed by atoms with Gasteiger partial charge in [-0.3, -0.25) is 9.36 Å². The lowest BCUT2D eigenvalue weighted by Crippen LogP contribution is -2.21. The Labute approximate surface area is 138 Å². The molecule has 9 nitrogen and oxygen atoms in total. The lowest BCUT2D eigenvalue weighted by Gasteiger charge is -2.23. The lowest BCUT2D eigenvalue weighted by molar-refractivity contribution is -0.120. The normalized spacial score (nSPS) is 23.8. The van der Waals surface area contributed by atoms with Crippen LogP contribution in [0.15, 0.2) is 21.7 Å². The maximum absolute atomic E-state index is 12.4. The van der Waals surface area contributed by atoms with Crippen molar-refractivity contribution in [3.8, 4) is 0 Å². The summed E-state index contributed by atoms with van der Waals surface area (Å²) in [6.07, 6.45) is 3.54. The number of rotatable bonds is 4. The number of ether oxygens (including phenoxy) is 1. The van der Waals surface area contributed by atoms with Gasteiger partial charge in [-0.15, -0.1) is 20.4 Å². The number of aliphatic hydroxyl groups excluding tert-OH is 1. The molecule has 1 N–H and O–H groups in total. The highest BCUT2D eigenvalue weighted by Gasteiger charge is 2.43. The van der Waals surface area contributed by atoms with Gasteiger partial charge in [-0.2, -0.15) is 0 Å². The van der Waals surface area contributed by atoms with E-state index < -0.39 is 5.97 Å². The quantitative estimate of drug-likeness (QED) is 0.666. The van der Waals surface area contributed by atoms with Crippen molar-refractivity contribution in [1.29, 1.82) is 0 Å². The third-order valence-electron chi connectivity index (χ3n) is 4.48. The summed E-state index contributed by atoms with van der Waals surface area (Å²) >= 11 is 0. The van der Waals surface area contributed by atoms with E-state index in [9.17, 15) is 14.7 Å². The molecule has 1 aromatic rings. The smallest absolute Gasteiger partial charge is 0.376 e. The van der Waals surface area contributed by atoms with Gasteiger partial charge in [0.25, 0.3) is 5.95 Å². The van der Waals surface area contributed by atoms with Crippen LogP contribution in [0.2, 0.25) is 0 Å². The fourth-order valence-electron chi connectivity index (χ4n) is 3.23.